The van der Waals surface area contributed by atoms with E-state index in [-0.39, 0.29) is 5.84 Å². The summed E-state index contributed by atoms with van der Waals surface area (Å²) < 4.78 is 0. The van der Waals surface area contributed by atoms with E-state index in [2.05, 4.69) is 10.0 Å². The minimum absolute atomic E-state index is 0.0440. The Morgan fingerprint density at radius 2 is 2.00 bits per heavy atom. The second-order valence-electron chi connectivity index (χ2n) is 2.40. The summed E-state index contributed by atoms with van der Waals surface area (Å²) in [6.45, 7) is 1.96. The molecule has 0 unspecified atom stereocenters. The van der Waals surface area contributed by atoms with Gasteiger partial charge in [0.2, 0.25) is 0 Å². The van der Waals surface area contributed by atoms with E-state index in [1.165, 1.54) is 0 Å². The first-order valence-corrected chi connectivity index (χ1v) is 3.44. The summed E-state index contributed by atoms with van der Waals surface area (Å²) in [5, 5.41) is 10.5. The molecule has 0 bridgehead atoms. The third-order valence-electron chi connectivity index (χ3n) is 1.47. The third-order valence-corrected chi connectivity index (χ3v) is 1.47. The summed E-state index contributed by atoms with van der Waals surface area (Å²) in [7, 11) is 0. The largest absolute Gasteiger partial charge is 0.298 e. The molecule has 0 saturated heterocycles. The van der Waals surface area contributed by atoms with Crippen LogP contribution in [0, 0.1) is 12.3 Å². The fourth-order valence-electron chi connectivity index (χ4n) is 0.814. The topological polar surface area (TPSA) is 72.6 Å². The van der Waals surface area contributed by atoms with Crippen LogP contribution >= 0.6 is 0 Å². The maximum atomic E-state index is 8.07. The van der Waals surface area contributed by atoms with Crippen molar-refractivity contribution in [3.8, 4) is 0 Å². The van der Waals surface area contributed by atoms with Gasteiger partial charge >= 0.3 is 0 Å². The minimum atomic E-state index is -0.0440. The number of rotatable bonds is 1. The number of azide groups is 1. The summed E-state index contributed by atoms with van der Waals surface area (Å²) in [6, 6.07) is 7.26. The lowest BCUT2D eigenvalue weighted by Crippen LogP contribution is -1.92. The smallest absolute Gasteiger partial charge is 0.125 e. The Balaban J connectivity index is 2.97. The van der Waals surface area contributed by atoms with Crippen LogP contribution in [0.25, 0.3) is 10.4 Å². The molecule has 1 aromatic rings. The Hall–Kier alpha value is -1.80. The Morgan fingerprint density at radius 3 is 2.50 bits per heavy atom. The molecule has 60 valence electrons. The van der Waals surface area contributed by atoms with E-state index < -0.39 is 0 Å². The molecule has 0 aliphatic carbocycles. The molecule has 4 heteroatoms. The molecule has 0 fully saturated rings. The first kappa shape index (κ1) is 8.30. The Bertz CT molecular complexity index is 333. The van der Waals surface area contributed by atoms with Gasteiger partial charge in [0.1, 0.15) is 5.84 Å². The predicted octanol–water partition coefficient (Wildman–Crippen LogP) is 2.63. The van der Waals surface area contributed by atoms with Crippen molar-refractivity contribution >= 4 is 5.84 Å². The highest BCUT2D eigenvalue weighted by Crippen LogP contribution is 2.04. The molecule has 12 heavy (non-hydrogen) atoms. The summed E-state index contributed by atoms with van der Waals surface area (Å²) in [5.74, 6) is -0.0440. The van der Waals surface area contributed by atoms with Crippen molar-refractivity contribution in [1.29, 1.82) is 5.41 Å². The number of amidine groups is 1. The molecule has 1 rings (SSSR count). The summed E-state index contributed by atoms with van der Waals surface area (Å²) in [5.41, 5.74) is 9.83. The van der Waals surface area contributed by atoms with Gasteiger partial charge < -0.3 is 0 Å². The lowest BCUT2D eigenvalue weighted by atomic mass is 10.1. The van der Waals surface area contributed by atoms with Crippen LogP contribution in [0.5, 0.6) is 0 Å². The highest BCUT2D eigenvalue weighted by atomic mass is 15.2. The van der Waals surface area contributed by atoms with Crippen molar-refractivity contribution in [2.24, 2.45) is 5.11 Å². The van der Waals surface area contributed by atoms with Gasteiger partial charge in [0.25, 0.3) is 0 Å². The van der Waals surface area contributed by atoms with Gasteiger partial charge in [-0.3, -0.25) is 5.41 Å². The molecule has 0 aromatic heterocycles. The van der Waals surface area contributed by atoms with Gasteiger partial charge in [-0.25, -0.2) is 0 Å². The maximum absolute atomic E-state index is 8.07. The van der Waals surface area contributed by atoms with E-state index in [0.717, 1.165) is 5.56 Å². The summed E-state index contributed by atoms with van der Waals surface area (Å²) in [6.07, 6.45) is 0. The van der Waals surface area contributed by atoms with Crippen LogP contribution in [-0.4, -0.2) is 5.84 Å². The van der Waals surface area contributed by atoms with Gasteiger partial charge in [-0.15, -0.1) is 0 Å². The van der Waals surface area contributed by atoms with E-state index in [1.807, 2.05) is 19.1 Å². The van der Waals surface area contributed by atoms with Gasteiger partial charge in [-0.1, -0.05) is 29.8 Å². The molecule has 1 aromatic carbocycles. The van der Waals surface area contributed by atoms with E-state index >= 15 is 0 Å². The molecule has 1 N–H and O–H groups in total. The van der Waals surface area contributed by atoms with Crippen LogP contribution < -0.4 is 0 Å². The first-order valence-electron chi connectivity index (χ1n) is 3.44. The van der Waals surface area contributed by atoms with Crippen LogP contribution in [0.15, 0.2) is 29.4 Å². The van der Waals surface area contributed by atoms with Gasteiger partial charge in [0.15, 0.2) is 0 Å². The molecule has 0 aliphatic rings. The molecule has 4 nitrogen and oxygen atoms in total. The van der Waals surface area contributed by atoms with Gasteiger partial charge in [0, 0.05) is 10.5 Å². The number of aryl methyl sites for hydroxylation is 1. The van der Waals surface area contributed by atoms with E-state index in [9.17, 15) is 0 Å². The number of benzene rings is 1. The van der Waals surface area contributed by atoms with Crippen LogP contribution in [0.4, 0.5) is 0 Å². The van der Waals surface area contributed by atoms with E-state index in [1.54, 1.807) is 12.1 Å². The van der Waals surface area contributed by atoms with Crippen molar-refractivity contribution in [3.05, 3.63) is 45.8 Å². The lowest BCUT2D eigenvalue weighted by molar-refractivity contribution is 1.38. The Morgan fingerprint density at radius 1 is 1.42 bits per heavy atom. The number of hydrogen-bond acceptors (Lipinski definition) is 1. The van der Waals surface area contributed by atoms with Crippen molar-refractivity contribution in [2.45, 2.75) is 6.92 Å². The fourth-order valence-corrected chi connectivity index (χ4v) is 0.814. The fraction of sp³-hybridized carbons (Fsp3) is 0.125. The van der Waals surface area contributed by atoms with Crippen molar-refractivity contribution in [3.63, 3.8) is 0 Å². The molecule has 0 radical (unpaired) electrons. The van der Waals surface area contributed by atoms with Crippen molar-refractivity contribution in [2.75, 3.05) is 0 Å². The standard InChI is InChI=1S/C8H8N4/c1-6-2-4-7(5-3-6)8(9)11-12-10/h2-5,9H,1H3. The SMILES string of the molecule is Cc1ccc(C(=N)N=[N+]=[N-])cc1. The third kappa shape index (κ3) is 1.84. The molecular formula is C8H8N4. The Kier molecular flexibility index (Phi) is 2.46. The molecule has 0 spiro atoms. The molecule has 0 atom stereocenters. The van der Waals surface area contributed by atoms with Crippen LogP contribution in [0.3, 0.4) is 0 Å². The zero-order chi connectivity index (χ0) is 8.97. The van der Waals surface area contributed by atoms with Crippen molar-refractivity contribution < 1.29 is 0 Å². The number of nitrogens with one attached hydrogen (secondary N) is 1. The molecule has 0 saturated carbocycles. The summed E-state index contributed by atoms with van der Waals surface area (Å²) in [4.78, 5) is 2.53. The minimum Gasteiger partial charge on any atom is -0.298 e. The normalized spacial score (nSPS) is 8.75. The second kappa shape index (κ2) is 3.55. The second-order valence-corrected chi connectivity index (χ2v) is 2.40. The molecule has 0 heterocycles. The maximum Gasteiger partial charge on any atom is 0.125 e. The Labute approximate surface area is 70.0 Å². The number of hydrogen-bond donors (Lipinski definition) is 1. The highest BCUT2D eigenvalue weighted by Gasteiger charge is 1.95. The number of nitrogens with zero attached hydrogens (tertiary/aromatic N) is 3. The summed E-state index contributed by atoms with van der Waals surface area (Å²) >= 11 is 0. The zero-order valence-electron chi connectivity index (χ0n) is 6.65. The van der Waals surface area contributed by atoms with Crippen LogP contribution in [0.2, 0.25) is 0 Å². The molecule has 0 amide bonds. The quantitative estimate of drug-likeness (QED) is 0.215. The van der Waals surface area contributed by atoms with Gasteiger partial charge in [0.05, 0.1) is 0 Å². The van der Waals surface area contributed by atoms with E-state index in [4.69, 9.17) is 10.9 Å². The zero-order valence-corrected chi connectivity index (χ0v) is 6.65. The van der Waals surface area contributed by atoms with Crippen molar-refractivity contribution in [1.82, 2.24) is 0 Å². The van der Waals surface area contributed by atoms with Crippen LogP contribution in [0.1, 0.15) is 11.1 Å². The molecule has 0 aliphatic heterocycles. The van der Waals surface area contributed by atoms with Crippen LogP contribution in [-0.2, 0) is 0 Å². The monoisotopic (exact) mass is 160 g/mol. The lowest BCUT2D eigenvalue weighted by Gasteiger charge is -1.96. The average molecular weight is 160 g/mol. The van der Waals surface area contributed by atoms with Gasteiger partial charge in [-0.2, -0.15) is 0 Å². The molecular weight excluding hydrogens is 152 g/mol. The van der Waals surface area contributed by atoms with E-state index in [0.29, 0.717) is 5.56 Å². The predicted molar refractivity (Wildman–Crippen MR) is 47.2 cm³/mol. The first-order chi connectivity index (χ1) is 5.74. The highest BCUT2D eigenvalue weighted by molar-refractivity contribution is 5.96. The van der Waals surface area contributed by atoms with Gasteiger partial charge in [-0.05, 0) is 17.6 Å². The average Bonchev–Trinajstić information content (AvgIpc) is 2.06.